The Bertz CT molecular complexity index is 602. The first-order valence-electron chi connectivity index (χ1n) is 5.66. The van der Waals surface area contributed by atoms with Gasteiger partial charge in [0.15, 0.2) is 0 Å². The Morgan fingerprint density at radius 2 is 1.89 bits per heavy atom. The van der Waals surface area contributed by atoms with E-state index in [9.17, 15) is 18.5 Å². The number of non-ortho nitro benzene ring substituents is 1. The summed E-state index contributed by atoms with van der Waals surface area (Å²) in [5.74, 6) is 0. The summed E-state index contributed by atoms with van der Waals surface area (Å²) in [5.41, 5.74) is -0.128. The number of nitro benzene ring substituents is 1. The number of benzene rings is 1. The zero-order valence-corrected chi connectivity index (χ0v) is 12.9. The van der Waals surface area contributed by atoms with Gasteiger partial charge in [0, 0.05) is 0 Å². The average Bonchev–Trinajstić information content (AvgIpc) is 2.39. The first-order valence-corrected chi connectivity index (χ1v) is 9.71. The van der Waals surface area contributed by atoms with Crippen LogP contribution in [0.4, 0.5) is 5.69 Å². The third-order valence-electron chi connectivity index (χ3n) is 2.58. The Balaban J connectivity index is 2.26. The van der Waals surface area contributed by atoms with Gasteiger partial charge in [0.2, 0.25) is 0 Å². The summed E-state index contributed by atoms with van der Waals surface area (Å²) in [4.78, 5) is 9.97. The standard InChI is InChI=1S/C11H12IN2O4S/c15-14(16)9-4-6-10(7-5-9)19(17,18)13-11-3-1-2-8-12-11/h4-7H,1-3,8H2/q-1. The van der Waals surface area contributed by atoms with Crippen LogP contribution in [0, 0.1) is 10.1 Å². The van der Waals surface area contributed by atoms with Crippen molar-refractivity contribution < 1.29 is 34.5 Å². The molecular formula is C11H12IN2O4S-. The molecule has 0 atom stereocenters. The molecule has 1 fully saturated rings. The predicted molar refractivity (Wildman–Crippen MR) is 66.4 cm³/mol. The van der Waals surface area contributed by atoms with Crippen LogP contribution in [0.15, 0.2) is 33.6 Å². The summed E-state index contributed by atoms with van der Waals surface area (Å²) in [6.07, 6.45) is 2.91. The van der Waals surface area contributed by atoms with Gasteiger partial charge in [-0.25, -0.2) is 0 Å². The third-order valence-corrected chi connectivity index (χ3v) is 7.20. The van der Waals surface area contributed by atoms with Crippen molar-refractivity contribution in [1.29, 1.82) is 0 Å². The zero-order valence-electron chi connectivity index (χ0n) is 9.95. The van der Waals surface area contributed by atoms with Gasteiger partial charge >= 0.3 is 121 Å². The molecule has 0 N–H and O–H groups in total. The molecule has 1 saturated heterocycles. The molecule has 6 nitrogen and oxygen atoms in total. The third kappa shape index (κ3) is 3.72. The van der Waals surface area contributed by atoms with Gasteiger partial charge in [0.25, 0.3) is 0 Å². The van der Waals surface area contributed by atoms with Gasteiger partial charge in [-0.1, -0.05) is 0 Å². The zero-order chi connectivity index (χ0) is 13.9. The molecule has 0 unspecified atom stereocenters. The predicted octanol–water partition coefficient (Wildman–Crippen LogP) is -1.05. The fourth-order valence-electron chi connectivity index (χ4n) is 1.60. The van der Waals surface area contributed by atoms with Gasteiger partial charge < -0.3 is 0 Å². The number of hydrogen-bond donors (Lipinski definition) is 0. The molecule has 0 bridgehead atoms. The van der Waals surface area contributed by atoms with E-state index in [-0.39, 0.29) is 31.8 Å². The summed E-state index contributed by atoms with van der Waals surface area (Å²) in [7, 11) is -3.71. The van der Waals surface area contributed by atoms with Crippen molar-refractivity contribution in [3.63, 3.8) is 0 Å². The second kappa shape index (κ2) is 5.95. The first-order chi connectivity index (χ1) is 8.99. The van der Waals surface area contributed by atoms with E-state index in [1.54, 1.807) is 0 Å². The van der Waals surface area contributed by atoms with Gasteiger partial charge in [-0.15, -0.1) is 0 Å². The summed E-state index contributed by atoms with van der Waals surface area (Å²) < 4.78 is 29.8. The first kappa shape index (κ1) is 14.4. The van der Waals surface area contributed by atoms with Crippen LogP contribution < -0.4 is 21.2 Å². The van der Waals surface area contributed by atoms with Gasteiger partial charge in [0.05, 0.1) is 0 Å². The molecule has 1 aliphatic rings. The number of rotatable bonds is 3. The van der Waals surface area contributed by atoms with E-state index in [0.717, 1.165) is 27.4 Å². The average molecular weight is 395 g/mol. The van der Waals surface area contributed by atoms with Crippen molar-refractivity contribution in [1.82, 2.24) is 0 Å². The normalized spacial score (nSPS) is 18.8. The number of alkyl halides is 1. The molecule has 0 aliphatic carbocycles. The van der Waals surface area contributed by atoms with Crippen molar-refractivity contribution in [2.24, 2.45) is 4.40 Å². The number of nitrogens with zero attached hydrogens (tertiary/aromatic N) is 2. The van der Waals surface area contributed by atoms with E-state index in [0.29, 0.717) is 0 Å². The Kier molecular flexibility index (Phi) is 4.50. The molecule has 104 valence electrons. The fraction of sp³-hybridized carbons (Fsp3) is 0.364. The summed E-state index contributed by atoms with van der Waals surface area (Å²) in [6.45, 7) is 0. The maximum absolute atomic E-state index is 12.0. The van der Waals surface area contributed by atoms with Gasteiger partial charge in [-0.2, -0.15) is 0 Å². The van der Waals surface area contributed by atoms with E-state index < -0.39 is 14.9 Å². The van der Waals surface area contributed by atoms with Crippen LogP contribution in [-0.4, -0.2) is 21.5 Å². The van der Waals surface area contributed by atoms with Crippen molar-refractivity contribution in [3.05, 3.63) is 34.4 Å². The van der Waals surface area contributed by atoms with Crippen molar-refractivity contribution in [2.45, 2.75) is 24.2 Å². The molecule has 0 spiro atoms. The molecule has 0 amide bonds. The molecule has 0 aromatic heterocycles. The van der Waals surface area contributed by atoms with Crippen LogP contribution in [0.2, 0.25) is 0 Å². The van der Waals surface area contributed by atoms with E-state index in [2.05, 4.69) is 4.40 Å². The van der Waals surface area contributed by atoms with E-state index in [4.69, 9.17) is 0 Å². The molecule has 19 heavy (non-hydrogen) atoms. The minimum absolute atomic E-state index is 0.0141. The Morgan fingerprint density at radius 3 is 2.42 bits per heavy atom. The summed E-state index contributed by atoms with van der Waals surface area (Å²) in [6, 6.07) is 4.84. The van der Waals surface area contributed by atoms with Gasteiger partial charge in [0.1, 0.15) is 0 Å². The Morgan fingerprint density at radius 1 is 1.21 bits per heavy atom. The van der Waals surface area contributed by atoms with Crippen LogP contribution in [0.1, 0.15) is 19.3 Å². The van der Waals surface area contributed by atoms with Crippen LogP contribution in [0.25, 0.3) is 0 Å². The number of nitro groups is 1. The molecule has 8 heteroatoms. The second-order valence-electron chi connectivity index (χ2n) is 3.97. The molecular weight excluding hydrogens is 383 g/mol. The van der Waals surface area contributed by atoms with E-state index in [1.165, 1.54) is 24.3 Å². The van der Waals surface area contributed by atoms with Crippen LogP contribution in [0.3, 0.4) is 0 Å². The van der Waals surface area contributed by atoms with Gasteiger partial charge in [-0.3, -0.25) is 0 Å². The fourth-order valence-corrected chi connectivity index (χ4v) is 6.09. The van der Waals surface area contributed by atoms with Crippen LogP contribution in [0.5, 0.6) is 0 Å². The second-order valence-corrected chi connectivity index (χ2v) is 8.66. The molecule has 1 aliphatic heterocycles. The topological polar surface area (TPSA) is 89.6 Å². The van der Waals surface area contributed by atoms with Crippen LogP contribution >= 0.6 is 0 Å². The molecule has 0 saturated carbocycles. The molecule has 1 aromatic rings. The minimum atomic E-state index is -3.71. The molecule has 1 heterocycles. The summed E-state index contributed by atoms with van der Waals surface area (Å²) in [5, 5.41) is 10.5. The molecule has 2 rings (SSSR count). The SMILES string of the molecule is O=[N+]([O-])c1ccc(S(=O)(=O)N=C2CCCC[I-]2)cc1. The Labute approximate surface area is 121 Å². The quantitative estimate of drug-likeness (QED) is 0.283. The number of hydrogen-bond acceptors (Lipinski definition) is 4. The maximum atomic E-state index is 12.0. The van der Waals surface area contributed by atoms with Crippen molar-refractivity contribution >= 4 is 19.4 Å². The van der Waals surface area contributed by atoms with Crippen LogP contribution in [-0.2, 0) is 10.0 Å². The van der Waals surface area contributed by atoms with Crippen molar-refractivity contribution in [2.75, 3.05) is 4.43 Å². The van der Waals surface area contributed by atoms with E-state index >= 15 is 0 Å². The Hall–Kier alpha value is -1.03. The monoisotopic (exact) mass is 395 g/mol. The molecule has 0 radical (unpaired) electrons. The van der Waals surface area contributed by atoms with Gasteiger partial charge in [-0.05, 0) is 0 Å². The van der Waals surface area contributed by atoms with Crippen molar-refractivity contribution in [3.8, 4) is 0 Å². The summed E-state index contributed by atoms with van der Waals surface area (Å²) >= 11 is -0.263. The molecule has 1 aromatic carbocycles. The number of sulfonamides is 1. The number of halogens is 1. The van der Waals surface area contributed by atoms with E-state index in [1.807, 2.05) is 0 Å².